The Labute approximate surface area is 135 Å². The second-order valence-corrected chi connectivity index (χ2v) is 7.19. The second kappa shape index (κ2) is 7.58. The van der Waals surface area contributed by atoms with Gasteiger partial charge in [-0.2, -0.15) is 0 Å². The van der Waals surface area contributed by atoms with Gasteiger partial charge in [0.05, 0.1) is 0 Å². The summed E-state index contributed by atoms with van der Waals surface area (Å²) in [5.74, 6) is 0. The average Bonchev–Trinajstić information content (AvgIpc) is 2.81. The molecule has 0 aliphatic rings. The molecule has 1 atom stereocenters. The third-order valence-corrected chi connectivity index (χ3v) is 5.41. The predicted molar refractivity (Wildman–Crippen MR) is 90.9 cm³/mol. The first-order valence-corrected chi connectivity index (χ1v) is 8.88. The lowest BCUT2D eigenvalue weighted by atomic mass is 10.0. The Bertz CT molecular complexity index is 524. The highest BCUT2D eigenvalue weighted by Gasteiger charge is 2.16. The number of thiophene rings is 1. The Kier molecular flexibility index (Phi) is 6.07. The van der Waals surface area contributed by atoms with E-state index in [1.807, 2.05) is 11.3 Å². The third kappa shape index (κ3) is 4.42. The topological polar surface area (TPSA) is 12.0 Å². The van der Waals surface area contributed by atoms with E-state index in [0.29, 0.717) is 6.04 Å². The zero-order valence-corrected chi connectivity index (χ0v) is 14.8. The van der Waals surface area contributed by atoms with Crippen molar-refractivity contribution >= 4 is 43.2 Å². The van der Waals surface area contributed by atoms with Crippen molar-refractivity contribution in [3.05, 3.63) is 55.1 Å². The first-order chi connectivity index (χ1) is 9.20. The highest BCUT2D eigenvalue weighted by atomic mass is 79.9. The highest BCUT2D eigenvalue weighted by Crippen LogP contribution is 2.31. The maximum Gasteiger partial charge on any atom is 0.0467 e. The molecular weight excluding hydrogens is 386 g/mol. The quantitative estimate of drug-likeness (QED) is 0.667. The summed E-state index contributed by atoms with van der Waals surface area (Å²) in [7, 11) is 0. The zero-order valence-electron chi connectivity index (χ0n) is 10.8. The lowest BCUT2D eigenvalue weighted by Crippen LogP contribution is -2.23. The Morgan fingerprint density at radius 3 is 2.74 bits per heavy atom. The van der Waals surface area contributed by atoms with Gasteiger partial charge in [0.2, 0.25) is 0 Å². The van der Waals surface area contributed by atoms with Crippen molar-refractivity contribution in [3.63, 3.8) is 0 Å². The Hall–Kier alpha value is -0.160. The summed E-state index contributed by atoms with van der Waals surface area (Å²) in [6.45, 7) is 3.25. The van der Waals surface area contributed by atoms with Gasteiger partial charge in [-0.25, -0.2) is 0 Å². The lowest BCUT2D eigenvalue weighted by molar-refractivity contribution is 0.535. The van der Waals surface area contributed by atoms with Crippen molar-refractivity contribution in [1.82, 2.24) is 5.32 Å². The highest BCUT2D eigenvalue weighted by molar-refractivity contribution is 9.10. The van der Waals surface area contributed by atoms with Gasteiger partial charge >= 0.3 is 0 Å². The standard InChI is InChI=1S/C15H17Br2NS/c1-2-7-18-14(15-13(17)6-8-19-15)10-11-4-3-5-12(16)9-11/h3-6,8-9,14,18H,2,7,10H2,1H3. The van der Waals surface area contributed by atoms with Crippen molar-refractivity contribution in [2.45, 2.75) is 25.8 Å². The van der Waals surface area contributed by atoms with Crippen LogP contribution in [0.4, 0.5) is 0 Å². The van der Waals surface area contributed by atoms with Crippen LogP contribution in [-0.4, -0.2) is 6.54 Å². The Morgan fingerprint density at radius 1 is 1.26 bits per heavy atom. The molecule has 0 radical (unpaired) electrons. The summed E-state index contributed by atoms with van der Waals surface area (Å²) < 4.78 is 2.35. The molecule has 0 bridgehead atoms. The monoisotopic (exact) mass is 401 g/mol. The van der Waals surface area contributed by atoms with Crippen molar-refractivity contribution in [2.24, 2.45) is 0 Å². The molecule has 0 spiro atoms. The van der Waals surface area contributed by atoms with Crippen LogP contribution in [0.5, 0.6) is 0 Å². The minimum atomic E-state index is 0.378. The van der Waals surface area contributed by atoms with Crippen LogP contribution in [0.25, 0.3) is 0 Å². The molecule has 0 saturated heterocycles. The largest absolute Gasteiger partial charge is 0.309 e. The molecule has 0 aliphatic carbocycles. The van der Waals surface area contributed by atoms with Gasteiger partial charge in [-0.1, -0.05) is 35.0 Å². The molecule has 4 heteroatoms. The van der Waals surface area contributed by atoms with Crippen molar-refractivity contribution in [1.29, 1.82) is 0 Å². The third-order valence-electron chi connectivity index (χ3n) is 2.93. The normalized spacial score (nSPS) is 12.6. The van der Waals surface area contributed by atoms with Gasteiger partial charge < -0.3 is 5.32 Å². The first-order valence-electron chi connectivity index (χ1n) is 6.41. The molecule has 1 nitrogen and oxygen atoms in total. The molecule has 1 N–H and O–H groups in total. The van der Waals surface area contributed by atoms with Gasteiger partial charge in [0.1, 0.15) is 0 Å². The summed E-state index contributed by atoms with van der Waals surface area (Å²) in [4.78, 5) is 1.38. The van der Waals surface area contributed by atoms with Crippen LogP contribution in [0.2, 0.25) is 0 Å². The van der Waals surface area contributed by atoms with Crippen molar-refractivity contribution in [3.8, 4) is 0 Å². The van der Waals surface area contributed by atoms with Gasteiger partial charge in [-0.3, -0.25) is 0 Å². The molecular formula is C15H17Br2NS. The SMILES string of the molecule is CCCNC(Cc1cccc(Br)c1)c1sccc1Br. The number of hydrogen-bond acceptors (Lipinski definition) is 2. The fourth-order valence-electron chi connectivity index (χ4n) is 2.03. The Morgan fingerprint density at radius 2 is 2.11 bits per heavy atom. The minimum Gasteiger partial charge on any atom is -0.309 e. The number of benzene rings is 1. The van der Waals surface area contributed by atoms with E-state index in [4.69, 9.17) is 0 Å². The number of hydrogen-bond donors (Lipinski definition) is 1. The molecule has 1 aromatic carbocycles. The van der Waals surface area contributed by atoms with Crippen LogP contribution >= 0.6 is 43.2 Å². The van der Waals surface area contributed by atoms with Crippen LogP contribution in [0.3, 0.4) is 0 Å². The fourth-order valence-corrected chi connectivity index (χ4v) is 4.20. The first kappa shape index (κ1) is 15.2. The van der Waals surface area contributed by atoms with E-state index >= 15 is 0 Å². The molecule has 1 heterocycles. The molecule has 2 aromatic rings. The average molecular weight is 403 g/mol. The predicted octanol–water partition coefficient (Wildman–Crippen LogP) is 5.56. The van der Waals surface area contributed by atoms with E-state index < -0.39 is 0 Å². The summed E-state index contributed by atoms with van der Waals surface area (Å²) in [5, 5.41) is 5.79. The van der Waals surface area contributed by atoms with Crippen LogP contribution in [-0.2, 0) is 6.42 Å². The van der Waals surface area contributed by atoms with E-state index in [-0.39, 0.29) is 0 Å². The number of halogens is 2. The van der Waals surface area contributed by atoms with Crippen molar-refractivity contribution < 1.29 is 0 Å². The Balaban J connectivity index is 2.16. The van der Waals surface area contributed by atoms with Gasteiger partial charge in [0.15, 0.2) is 0 Å². The fraction of sp³-hybridized carbons (Fsp3) is 0.333. The maximum absolute atomic E-state index is 3.65. The molecule has 1 unspecified atom stereocenters. The maximum atomic E-state index is 3.65. The van der Waals surface area contributed by atoms with Crippen LogP contribution in [0.15, 0.2) is 44.7 Å². The molecule has 0 amide bonds. The molecule has 102 valence electrons. The molecule has 2 rings (SSSR count). The van der Waals surface area contributed by atoms with Gasteiger partial charge in [-0.05, 0) is 64.5 Å². The molecule has 19 heavy (non-hydrogen) atoms. The van der Waals surface area contributed by atoms with E-state index in [1.54, 1.807) is 0 Å². The van der Waals surface area contributed by atoms with Gasteiger partial charge in [0.25, 0.3) is 0 Å². The molecule has 0 saturated carbocycles. The van der Waals surface area contributed by atoms with Crippen LogP contribution in [0.1, 0.15) is 29.8 Å². The van der Waals surface area contributed by atoms with Gasteiger partial charge in [0, 0.05) is 19.9 Å². The molecule has 0 aliphatic heterocycles. The molecule has 1 aromatic heterocycles. The van der Waals surface area contributed by atoms with E-state index in [0.717, 1.165) is 23.9 Å². The van der Waals surface area contributed by atoms with Crippen molar-refractivity contribution in [2.75, 3.05) is 6.54 Å². The summed E-state index contributed by atoms with van der Waals surface area (Å²) in [6, 6.07) is 11.1. The van der Waals surface area contributed by atoms with Crippen LogP contribution < -0.4 is 5.32 Å². The molecule has 0 fully saturated rings. The van der Waals surface area contributed by atoms with E-state index in [9.17, 15) is 0 Å². The number of rotatable bonds is 6. The zero-order chi connectivity index (χ0) is 13.7. The number of nitrogens with one attached hydrogen (secondary N) is 1. The van der Waals surface area contributed by atoms with E-state index in [1.165, 1.54) is 14.9 Å². The second-order valence-electron chi connectivity index (χ2n) is 4.47. The summed E-state index contributed by atoms with van der Waals surface area (Å²) in [6.07, 6.45) is 2.16. The summed E-state index contributed by atoms with van der Waals surface area (Å²) in [5.41, 5.74) is 1.35. The summed E-state index contributed by atoms with van der Waals surface area (Å²) >= 11 is 9.00. The minimum absolute atomic E-state index is 0.378. The van der Waals surface area contributed by atoms with E-state index in [2.05, 4.69) is 79.8 Å². The van der Waals surface area contributed by atoms with Crippen LogP contribution in [0, 0.1) is 0 Å². The van der Waals surface area contributed by atoms with Gasteiger partial charge in [-0.15, -0.1) is 11.3 Å². The lowest BCUT2D eigenvalue weighted by Gasteiger charge is -2.18. The smallest absolute Gasteiger partial charge is 0.0467 e.